The van der Waals surface area contributed by atoms with Crippen LogP contribution in [0.5, 0.6) is 0 Å². The Balaban J connectivity index is 1.41. The number of epoxide rings is 1. The van der Waals surface area contributed by atoms with Crippen molar-refractivity contribution >= 4 is 33.4 Å². The van der Waals surface area contributed by atoms with E-state index in [2.05, 4.69) is 42.2 Å². The molecular formula is C44H77N3O16P2. The van der Waals surface area contributed by atoms with Gasteiger partial charge in [0.15, 0.2) is 12.3 Å². The van der Waals surface area contributed by atoms with Crippen molar-refractivity contribution in [2.45, 2.75) is 205 Å². The lowest BCUT2D eigenvalue weighted by Crippen LogP contribution is -2.36. The Kier molecular flexibility index (Phi) is 26.9. The van der Waals surface area contributed by atoms with Crippen LogP contribution in [-0.2, 0) is 51.0 Å². The van der Waals surface area contributed by atoms with Crippen molar-refractivity contribution in [3.05, 3.63) is 34.9 Å². The normalized spacial score (nSPS) is 23.1. The molecule has 65 heavy (non-hydrogen) atoms. The predicted molar refractivity (Wildman–Crippen MR) is 242 cm³/mol. The van der Waals surface area contributed by atoms with E-state index in [0.717, 1.165) is 81.4 Å². The Hall–Kier alpha value is -2.54. The van der Waals surface area contributed by atoms with Gasteiger partial charge in [-0.25, -0.2) is 13.9 Å². The highest BCUT2D eigenvalue weighted by molar-refractivity contribution is 7.61. The summed E-state index contributed by atoms with van der Waals surface area (Å²) in [5.74, 6) is -0.608. The van der Waals surface area contributed by atoms with Crippen LogP contribution in [0.25, 0.3) is 0 Å². The summed E-state index contributed by atoms with van der Waals surface area (Å²) in [6, 6.07) is 1.25. The summed E-state index contributed by atoms with van der Waals surface area (Å²) < 4.78 is 62.4. The number of aliphatic hydroxyl groups is 2. The average Bonchev–Trinajstić information content (AvgIpc) is 3.93. The van der Waals surface area contributed by atoms with Crippen LogP contribution in [0.2, 0.25) is 0 Å². The third-order valence-electron chi connectivity index (χ3n) is 11.2. The summed E-state index contributed by atoms with van der Waals surface area (Å²) in [4.78, 5) is 61.7. The first-order chi connectivity index (χ1) is 31.0. The number of nitrogens with zero attached hydrogens (tertiary/aromatic N) is 2. The Morgan fingerprint density at radius 2 is 1.43 bits per heavy atom. The average molecular weight is 966 g/mol. The quantitative estimate of drug-likeness (QED) is 0.0140. The van der Waals surface area contributed by atoms with E-state index < -0.39 is 83.7 Å². The monoisotopic (exact) mass is 965 g/mol. The van der Waals surface area contributed by atoms with E-state index >= 15 is 0 Å². The fraction of sp³-hybridized carbons (Fsp3) is 0.818. The molecule has 3 rings (SSSR count). The smallest absolute Gasteiger partial charge is 0.462 e. The first-order valence-electron chi connectivity index (χ1n) is 23.7. The molecule has 0 spiro atoms. The van der Waals surface area contributed by atoms with E-state index in [9.17, 15) is 43.5 Å². The lowest BCUT2D eigenvalue weighted by Gasteiger charge is -2.21. The number of allylic oxidation sites excluding steroid dienone is 1. The number of carbonyl (C=O) groups excluding carboxylic acids is 2. The Labute approximate surface area is 384 Å². The van der Waals surface area contributed by atoms with Gasteiger partial charge in [0.2, 0.25) is 0 Å². The van der Waals surface area contributed by atoms with Gasteiger partial charge in [0, 0.05) is 19.0 Å². The predicted octanol–water partition coefficient (Wildman–Crippen LogP) is 7.73. The number of anilines is 1. The summed E-state index contributed by atoms with van der Waals surface area (Å²) in [5, 5.41) is 20.9. The van der Waals surface area contributed by atoms with Gasteiger partial charge in [-0.05, 0) is 50.5 Å². The number of carbonyl (C=O) groups is 2. The molecule has 2 saturated heterocycles. The summed E-state index contributed by atoms with van der Waals surface area (Å²) in [7, 11) is -10.8. The fourth-order valence-corrected chi connectivity index (χ4v) is 9.50. The first kappa shape index (κ1) is 56.8. The van der Waals surface area contributed by atoms with Crippen molar-refractivity contribution in [1.82, 2.24) is 9.55 Å². The number of unbranched alkanes of at least 4 members (excludes halogenated alkanes) is 14. The van der Waals surface area contributed by atoms with Gasteiger partial charge in [0.25, 0.3) is 0 Å². The van der Waals surface area contributed by atoms with Crippen LogP contribution < -0.4 is 11.4 Å². The summed E-state index contributed by atoms with van der Waals surface area (Å²) >= 11 is 0. The van der Waals surface area contributed by atoms with Crippen LogP contribution in [0.3, 0.4) is 0 Å². The lowest BCUT2D eigenvalue weighted by molar-refractivity contribution is -0.161. The van der Waals surface area contributed by atoms with E-state index in [-0.39, 0.29) is 18.7 Å². The van der Waals surface area contributed by atoms with Crippen LogP contribution >= 0.6 is 15.6 Å². The molecule has 3 heterocycles. The van der Waals surface area contributed by atoms with Gasteiger partial charge < -0.3 is 44.7 Å². The van der Waals surface area contributed by atoms with Crippen molar-refractivity contribution in [3.63, 3.8) is 0 Å². The number of nitrogens with two attached hydrogens (primary N) is 1. The molecule has 0 amide bonds. The minimum absolute atomic E-state index is 0.0453. The minimum atomic E-state index is -5.42. The molecular weight excluding hydrogens is 888 g/mol. The zero-order valence-electron chi connectivity index (χ0n) is 38.7. The maximum atomic E-state index is 12.8. The molecule has 374 valence electrons. The van der Waals surface area contributed by atoms with Crippen LogP contribution in [-0.4, -0.2) is 97.9 Å². The van der Waals surface area contributed by atoms with E-state index in [4.69, 9.17) is 33.7 Å². The van der Waals surface area contributed by atoms with Gasteiger partial charge in [-0.3, -0.25) is 23.2 Å². The molecule has 0 aliphatic carbocycles. The number of phosphoric ester groups is 2. The summed E-state index contributed by atoms with van der Waals surface area (Å²) in [6.07, 6.45) is 19.2. The van der Waals surface area contributed by atoms with Gasteiger partial charge in [-0.15, -0.1) is 0 Å². The molecule has 2 aliphatic rings. The van der Waals surface area contributed by atoms with Crippen molar-refractivity contribution in [2.75, 3.05) is 25.6 Å². The highest BCUT2D eigenvalue weighted by Crippen LogP contribution is 2.60. The van der Waals surface area contributed by atoms with E-state index in [0.29, 0.717) is 31.0 Å². The highest BCUT2D eigenvalue weighted by Gasteiger charge is 2.46. The third kappa shape index (κ3) is 24.4. The molecule has 0 aromatic carbocycles. The Morgan fingerprint density at radius 1 is 0.800 bits per heavy atom. The van der Waals surface area contributed by atoms with E-state index in [1.54, 1.807) is 0 Å². The largest absolute Gasteiger partial charge is 0.481 e. The number of hydrogen-bond acceptors (Lipinski definition) is 16. The number of rotatable bonds is 37. The highest BCUT2D eigenvalue weighted by atomic mass is 31.3. The zero-order valence-corrected chi connectivity index (χ0v) is 40.4. The molecule has 19 nitrogen and oxygen atoms in total. The second-order valence-corrected chi connectivity index (χ2v) is 20.5. The first-order valence-corrected chi connectivity index (χ1v) is 26.7. The topological polar surface area (TPSA) is 278 Å². The fourth-order valence-electron chi connectivity index (χ4n) is 7.39. The number of esters is 2. The molecule has 0 bridgehead atoms. The molecule has 2 aliphatic heterocycles. The van der Waals surface area contributed by atoms with Crippen molar-refractivity contribution in [3.8, 4) is 0 Å². The molecule has 6 N–H and O–H groups in total. The molecule has 4 unspecified atom stereocenters. The number of hydrogen-bond donors (Lipinski definition) is 5. The molecule has 1 aromatic rings. The molecule has 9 atom stereocenters. The van der Waals surface area contributed by atoms with Crippen molar-refractivity contribution in [1.29, 1.82) is 0 Å². The number of aliphatic hydroxyl groups excluding tert-OH is 2. The van der Waals surface area contributed by atoms with Gasteiger partial charge in [0.1, 0.15) is 30.7 Å². The zero-order chi connectivity index (χ0) is 47.7. The maximum absolute atomic E-state index is 12.8. The lowest BCUT2D eigenvalue weighted by atomic mass is 10.0. The van der Waals surface area contributed by atoms with Gasteiger partial charge in [0.05, 0.1) is 25.4 Å². The second-order valence-electron chi connectivity index (χ2n) is 17.5. The summed E-state index contributed by atoms with van der Waals surface area (Å²) in [6.45, 7) is 4.33. The number of ether oxygens (including phenoxy) is 4. The Morgan fingerprint density at radius 3 is 2.09 bits per heavy atom. The van der Waals surface area contributed by atoms with Crippen LogP contribution in [0, 0.1) is 5.92 Å². The van der Waals surface area contributed by atoms with Crippen LogP contribution in [0.1, 0.15) is 168 Å². The Bertz CT molecular complexity index is 1720. The second kappa shape index (κ2) is 30.8. The standard InChI is InChI=1S/C44H77N3O16P2/c1-4-5-6-7-14-19-24-35-36(61-35)25-20-15-12-17-21-26-39(48)57-30-34(60-40(49)27-22-16-11-9-8-10-13-18-23-33(2)3)31-58-64(53,54)63-65(55,56)59-32-37-41(50)42(51)43(62-37)47-29-28-38(45)46-44(47)52/h14,19,28-29,33-37,41-43,50-51H,4-13,15-18,20-27,30-32H2,1-3H3,(H,53,54)(H,55,56)(H2,45,46,52)/b19-14-/t34-,35?,36?,37-,41-,42-,43-/m1/s1. The number of aromatic nitrogens is 2. The third-order valence-corrected chi connectivity index (χ3v) is 13.8. The molecule has 1 aromatic heterocycles. The van der Waals surface area contributed by atoms with Crippen LogP contribution in [0.15, 0.2) is 29.2 Å². The molecule has 21 heteroatoms. The van der Waals surface area contributed by atoms with Gasteiger partial charge >= 0.3 is 33.3 Å². The van der Waals surface area contributed by atoms with Crippen molar-refractivity contribution in [2.24, 2.45) is 5.92 Å². The van der Waals surface area contributed by atoms with Gasteiger partial charge in [-0.1, -0.05) is 123 Å². The van der Waals surface area contributed by atoms with Gasteiger partial charge in [-0.2, -0.15) is 9.29 Å². The number of phosphoric acid groups is 2. The molecule has 0 saturated carbocycles. The minimum Gasteiger partial charge on any atom is -0.462 e. The molecule has 2 fully saturated rings. The molecule has 0 radical (unpaired) electrons. The SMILES string of the molecule is CCCCC/C=C\CC1OC1CCCCCCCC(=O)OC[C@H](COP(=O)(O)OP(=O)(O)OC[C@H]1O[C@@H](n2ccc(N)nc2=O)[C@H](O)[C@@H]1O)OC(=O)CCCCCCCCCCC(C)C. The van der Waals surface area contributed by atoms with E-state index in [1.807, 2.05) is 0 Å². The van der Waals surface area contributed by atoms with E-state index in [1.165, 1.54) is 51.0 Å². The van der Waals surface area contributed by atoms with Crippen molar-refractivity contribution < 1.29 is 71.0 Å². The summed E-state index contributed by atoms with van der Waals surface area (Å²) in [5.41, 5.74) is 4.58. The number of nitrogen functional groups attached to an aromatic ring is 1. The maximum Gasteiger partial charge on any atom is 0.481 e. The van der Waals surface area contributed by atoms with Crippen LogP contribution in [0.4, 0.5) is 5.82 Å².